The lowest BCUT2D eigenvalue weighted by Gasteiger charge is -2.32. The first-order chi connectivity index (χ1) is 11.1. The molecule has 1 fully saturated rings. The topological polar surface area (TPSA) is 41.9 Å². The number of nitrogens with zero attached hydrogens (tertiary/aromatic N) is 1. The summed E-state index contributed by atoms with van der Waals surface area (Å²) in [6.45, 7) is 3.39. The second-order valence-corrected chi connectivity index (χ2v) is 6.20. The van der Waals surface area contributed by atoms with E-state index in [-0.39, 0.29) is 6.10 Å². The first-order valence-electron chi connectivity index (χ1n) is 8.36. The molecule has 0 radical (unpaired) electrons. The molecular weight excluding hydrogens is 290 g/mol. The van der Waals surface area contributed by atoms with E-state index in [2.05, 4.69) is 24.9 Å². The Bertz CT molecular complexity index is 506. The van der Waals surface area contributed by atoms with Crippen LogP contribution in [0.2, 0.25) is 0 Å². The van der Waals surface area contributed by atoms with Gasteiger partial charge in [-0.05, 0) is 50.9 Å². The van der Waals surface area contributed by atoms with Crippen LogP contribution in [-0.4, -0.2) is 50.0 Å². The van der Waals surface area contributed by atoms with E-state index >= 15 is 0 Å². The maximum Gasteiger partial charge on any atom is 0.160 e. The van der Waals surface area contributed by atoms with E-state index in [1.807, 2.05) is 24.3 Å². The predicted octanol–water partition coefficient (Wildman–Crippen LogP) is 3.11. The van der Waals surface area contributed by atoms with Gasteiger partial charge in [0.15, 0.2) is 11.5 Å². The van der Waals surface area contributed by atoms with Gasteiger partial charge in [0, 0.05) is 6.04 Å². The average molecular weight is 319 g/mol. The van der Waals surface area contributed by atoms with Crippen LogP contribution < -0.4 is 9.47 Å². The number of aliphatic hydroxyl groups excluding tert-OH is 1. The van der Waals surface area contributed by atoms with Crippen LogP contribution in [0.4, 0.5) is 0 Å². The fraction of sp³-hybridized carbons (Fsp3) is 0.579. The SMILES string of the molecule is CCC1=CC(O)CC2C1CCN2C.COc1ccccc1OC. The van der Waals surface area contributed by atoms with Gasteiger partial charge in [-0.15, -0.1) is 0 Å². The van der Waals surface area contributed by atoms with Crippen molar-refractivity contribution >= 4 is 0 Å². The van der Waals surface area contributed by atoms with Crippen LogP contribution in [0.3, 0.4) is 0 Å². The molecule has 1 N–H and O–H groups in total. The Labute approximate surface area is 139 Å². The molecule has 0 spiro atoms. The number of ether oxygens (including phenoxy) is 2. The molecule has 1 aliphatic heterocycles. The first-order valence-corrected chi connectivity index (χ1v) is 8.36. The van der Waals surface area contributed by atoms with E-state index in [0.717, 1.165) is 30.3 Å². The highest BCUT2D eigenvalue weighted by molar-refractivity contribution is 5.39. The van der Waals surface area contributed by atoms with Gasteiger partial charge in [0.1, 0.15) is 0 Å². The maximum atomic E-state index is 9.67. The summed E-state index contributed by atoms with van der Waals surface area (Å²) in [5.41, 5.74) is 1.48. The molecule has 2 aliphatic rings. The van der Waals surface area contributed by atoms with Crippen LogP contribution in [-0.2, 0) is 0 Å². The molecule has 0 saturated carbocycles. The molecule has 1 aromatic rings. The van der Waals surface area contributed by atoms with E-state index in [9.17, 15) is 5.11 Å². The molecule has 1 aromatic carbocycles. The number of benzene rings is 1. The van der Waals surface area contributed by atoms with Gasteiger partial charge >= 0.3 is 0 Å². The lowest BCUT2D eigenvalue weighted by atomic mass is 9.81. The Morgan fingerprint density at radius 3 is 2.30 bits per heavy atom. The van der Waals surface area contributed by atoms with E-state index < -0.39 is 0 Å². The summed E-state index contributed by atoms with van der Waals surface area (Å²) in [6.07, 6.45) is 5.21. The second-order valence-electron chi connectivity index (χ2n) is 6.20. The standard InChI is InChI=1S/C11H19NO.C8H10O2/c1-3-8-6-9(13)7-11-10(8)4-5-12(11)2;1-9-7-5-3-4-6-8(7)10-2/h6,9-11,13H,3-5,7H2,1-2H3;3-6H,1-2H3. The number of hydrogen-bond acceptors (Lipinski definition) is 4. The molecule has 0 aromatic heterocycles. The lowest BCUT2D eigenvalue weighted by molar-refractivity contribution is 0.142. The molecule has 128 valence electrons. The number of para-hydroxylation sites is 2. The van der Waals surface area contributed by atoms with Crippen LogP contribution in [0, 0.1) is 5.92 Å². The quantitative estimate of drug-likeness (QED) is 0.869. The van der Waals surface area contributed by atoms with E-state index in [1.54, 1.807) is 14.2 Å². The number of methoxy groups -OCH3 is 2. The summed E-state index contributed by atoms with van der Waals surface area (Å²) in [6, 6.07) is 8.13. The third-order valence-electron chi connectivity index (χ3n) is 4.89. The number of likely N-dealkylation sites (tertiary alicyclic amines) is 1. The third kappa shape index (κ3) is 4.27. The molecule has 3 atom stereocenters. The Hall–Kier alpha value is -1.52. The van der Waals surface area contributed by atoms with Crippen molar-refractivity contribution in [2.24, 2.45) is 5.92 Å². The smallest absolute Gasteiger partial charge is 0.160 e. The Morgan fingerprint density at radius 2 is 1.78 bits per heavy atom. The summed E-state index contributed by atoms with van der Waals surface area (Å²) in [4.78, 5) is 2.40. The highest BCUT2D eigenvalue weighted by atomic mass is 16.5. The van der Waals surface area contributed by atoms with Crippen molar-refractivity contribution < 1.29 is 14.6 Å². The van der Waals surface area contributed by atoms with Gasteiger partial charge in [-0.3, -0.25) is 0 Å². The molecule has 1 heterocycles. The minimum absolute atomic E-state index is 0.197. The van der Waals surface area contributed by atoms with Gasteiger partial charge in [-0.25, -0.2) is 0 Å². The molecule has 3 unspecified atom stereocenters. The molecule has 23 heavy (non-hydrogen) atoms. The Morgan fingerprint density at radius 1 is 1.17 bits per heavy atom. The van der Waals surface area contributed by atoms with Crippen LogP contribution in [0.15, 0.2) is 35.9 Å². The zero-order chi connectivity index (χ0) is 16.8. The monoisotopic (exact) mass is 319 g/mol. The van der Waals surface area contributed by atoms with Crippen LogP contribution in [0.25, 0.3) is 0 Å². The van der Waals surface area contributed by atoms with E-state index in [0.29, 0.717) is 6.04 Å². The van der Waals surface area contributed by atoms with Crippen LogP contribution in [0.5, 0.6) is 11.5 Å². The minimum Gasteiger partial charge on any atom is -0.493 e. The van der Waals surface area contributed by atoms with Crippen molar-refractivity contribution in [3.8, 4) is 11.5 Å². The van der Waals surface area contributed by atoms with Crippen molar-refractivity contribution in [2.45, 2.75) is 38.3 Å². The number of aliphatic hydroxyl groups is 1. The number of fused-ring (bicyclic) bond motifs is 1. The van der Waals surface area contributed by atoms with Crippen LogP contribution >= 0.6 is 0 Å². The van der Waals surface area contributed by atoms with E-state index in [4.69, 9.17) is 9.47 Å². The first kappa shape index (κ1) is 17.8. The number of hydrogen-bond donors (Lipinski definition) is 1. The molecule has 1 aliphatic carbocycles. The van der Waals surface area contributed by atoms with Crippen LogP contribution in [0.1, 0.15) is 26.2 Å². The summed E-state index contributed by atoms with van der Waals surface area (Å²) >= 11 is 0. The fourth-order valence-electron chi connectivity index (χ4n) is 3.64. The number of rotatable bonds is 3. The average Bonchev–Trinajstić information content (AvgIpc) is 2.95. The fourth-order valence-corrected chi connectivity index (χ4v) is 3.64. The van der Waals surface area contributed by atoms with Gasteiger partial charge in [-0.2, -0.15) is 0 Å². The predicted molar refractivity (Wildman–Crippen MR) is 93.1 cm³/mol. The summed E-state index contributed by atoms with van der Waals surface area (Å²) in [5, 5.41) is 9.67. The second kappa shape index (κ2) is 8.37. The summed E-state index contributed by atoms with van der Waals surface area (Å²) < 4.78 is 10.0. The van der Waals surface area contributed by atoms with Crippen molar-refractivity contribution in [1.29, 1.82) is 0 Å². The van der Waals surface area contributed by atoms with Crippen molar-refractivity contribution in [3.63, 3.8) is 0 Å². The minimum atomic E-state index is -0.197. The Balaban J connectivity index is 0.000000174. The molecule has 4 nitrogen and oxygen atoms in total. The normalized spacial score (nSPS) is 26.7. The van der Waals surface area contributed by atoms with Gasteiger partial charge in [0.2, 0.25) is 0 Å². The molecule has 1 saturated heterocycles. The third-order valence-corrected chi connectivity index (χ3v) is 4.89. The molecule has 0 bridgehead atoms. The van der Waals surface area contributed by atoms with Crippen molar-refractivity contribution in [2.75, 3.05) is 27.8 Å². The van der Waals surface area contributed by atoms with Crippen molar-refractivity contribution in [3.05, 3.63) is 35.9 Å². The highest BCUT2D eigenvalue weighted by Gasteiger charge is 2.37. The zero-order valence-corrected chi connectivity index (χ0v) is 14.7. The molecule has 0 amide bonds. The maximum absolute atomic E-state index is 9.67. The molecule has 4 heteroatoms. The van der Waals surface area contributed by atoms with Gasteiger partial charge in [-0.1, -0.05) is 30.7 Å². The zero-order valence-electron chi connectivity index (χ0n) is 14.7. The summed E-state index contributed by atoms with van der Waals surface area (Å²) in [5.74, 6) is 2.27. The van der Waals surface area contributed by atoms with Crippen molar-refractivity contribution in [1.82, 2.24) is 4.90 Å². The highest BCUT2D eigenvalue weighted by Crippen LogP contribution is 2.37. The van der Waals surface area contributed by atoms with E-state index in [1.165, 1.54) is 18.5 Å². The Kier molecular flexibility index (Phi) is 6.48. The van der Waals surface area contributed by atoms with Gasteiger partial charge in [0.05, 0.1) is 20.3 Å². The largest absolute Gasteiger partial charge is 0.493 e. The van der Waals surface area contributed by atoms with Gasteiger partial charge in [0.25, 0.3) is 0 Å². The summed E-state index contributed by atoms with van der Waals surface area (Å²) in [7, 11) is 5.42. The molecular formula is C19H29NO3. The van der Waals surface area contributed by atoms with Gasteiger partial charge < -0.3 is 19.5 Å². The lowest BCUT2D eigenvalue weighted by Crippen LogP contribution is -2.36. The molecule has 3 rings (SSSR count).